The lowest BCUT2D eigenvalue weighted by Crippen LogP contribution is -2.56. The number of nitrogens with one attached hydrogen (secondary N) is 3. The molecule has 1 unspecified atom stereocenters. The summed E-state index contributed by atoms with van der Waals surface area (Å²) in [5, 5.41) is 36.5. The molecule has 0 fully saturated rings. The zero-order chi connectivity index (χ0) is 20.7. The van der Waals surface area contributed by atoms with Gasteiger partial charge in [0, 0.05) is 6.42 Å². The van der Waals surface area contributed by atoms with E-state index >= 15 is 0 Å². The van der Waals surface area contributed by atoms with E-state index in [1.165, 1.54) is 32.0 Å². The van der Waals surface area contributed by atoms with Gasteiger partial charge in [0.25, 0.3) is 0 Å². The Bertz CT molecular complexity index is 692. The van der Waals surface area contributed by atoms with Crippen molar-refractivity contribution in [1.82, 2.24) is 16.0 Å². The quantitative estimate of drug-likeness (QED) is 0.306. The fraction of sp³-hybridized carbons (Fsp3) is 0.500. The number of amides is 2. The van der Waals surface area contributed by atoms with Crippen molar-refractivity contribution >= 4 is 17.6 Å². The molecule has 0 aliphatic rings. The first kappa shape index (κ1) is 22.4. The second kappa shape index (κ2) is 9.89. The van der Waals surface area contributed by atoms with Gasteiger partial charge in [-0.05, 0) is 45.5 Å². The molecule has 0 heterocycles. The van der Waals surface area contributed by atoms with Gasteiger partial charge < -0.3 is 31.3 Å². The van der Waals surface area contributed by atoms with E-state index in [1.54, 1.807) is 14.0 Å². The van der Waals surface area contributed by atoms with Gasteiger partial charge in [0.2, 0.25) is 11.8 Å². The molecule has 0 radical (unpaired) electrons. The second-order valence-electron chi connectivity index (χ2n) is 6.44. The number of rotatable bonds is 9. The molecule has 9 heteroatoms. The van der Waals surface area contributed by atoms with Crippen molar-refractivity contribution in [2.75, 3.05) is 7.05 Å². The lowest BCUT2D eigenvalue weighted by atomic mass is 10.0. The summed E-state index contributed by atoms with van der Waals surface area (Å²) >= 11 is 0. The summed E-state index contributed by atoms with van der Waals surface area (Å²) in [5.74, 6) is -2.17. The van der Waals surface area contributed by atoms with E-state index in [9.17, 15) is 29.7 Å². The third kappa shape index (κ3) is 6.54. The lowest BCUT2D eigenvalue weighted by Gasteiger charge is -2.24. The van der Waals surface area contributed by atoms with Crippen molar-refractivity contribution in [1.29, 1.82) is 0 Å². The number of ketones is 1. The van der Waals surface area contributed by atoms with Crippen LogP contribution in [0.15, 0.2) is 18.2 Å². The molecule has 27 heavy (non-hydrogen) atoms. The number of aromatic hydroxyl groups is 2. The second-order valence-corrected chi connectivity index (χ2v) is 6.44. The summed E-state index contributed by atoms with van der Waals surface area (Å²) in [7, 11) is 1.59. The number of benzene rings is 1. The number of Topliss-reactive ketones (excluding diaryl/α,β-unsaturated/α-hetero) is 1. The summed E-state index contributed by atoms with van der Waals surface area (Å²) in [5.41, 5.74) is 0.485. The number of hydrogen-bond acceptors (Lipinski definition) is 7. The van der Waals surface area contributed by atoms with Gasteiger partial charge in [-0.1, -0.05) is 6.07 Å². The van der Waals surface area contributed by atoms with Gasteiger partial charge in [0.15, 0.2) is 17.3 Å². The average molecular weight is 381 g/mol. The molecule has 0 saturated carbocycles. The SMILES string of the molecule is CN[C@@H](C)C(=O)N[C@@H](Cc1ccc(O)c(O)c1)C(=O)N[C@H](C(C)=O)C(C)O. The van der Waals surface area contributed by atoms with Crippen LogP contribution in [0, 0.1) is 0 Å². The highest BCUT2D eigenvalue weighted by Crippen LogP contribution is 2.25. The minimum atomic E-state index is -1.10. The van der Waals surface area contributed by atoms with Crippen molar-refractivity contribution < 1.29 is 29.7 Å². The fourth-order valence-electron chi connectivity index (χ4n) is 2.38. The van der Waals surface area contributed by atoms with Gasteiger partial charge >= 0.3 is 0 Å². The van der Waals surface area contributed by atoms with E-state index in [0.29, 0.717) is 5.56 Å². The molecule has 0 aliphatic heterocycles. The van der Waals surface area contributed by atoms with Crippen molar-refractivity contribution in [3.63, 3.8) is 0 Å². The maximum Gasteiger partial charge on any atom is 0.243 e. The summed E-state index contributed by atoms with van der Waals surface area (Å²) in [6.07, 6.45) is -1.09. The summed E-state index contributed by atoms with van der Waals surface area (Å²) in [4.78, 5) is 36.5. The van der Waals surface area contributed by atoms with E-state index in [-0.39, 0.29) is 17.9 Å². The third-order valence-electron chi connectivity index (χ3n) is 4.16. The normalized spacial score (nSPS) is 15.3. The molecule has 1 aromatic carbocycles. The standard InChI is InChI=1S/C18H27N3O6/c1-9(19-4)17(26)20-13(7-12-5-6-14(24)15(25)8-12)18(27)21-16(10(2)22)11(3)23/h5-6,8-10,13,16,19,22,24-25H,7H2,1-4H3,(H,20,26)(H,21,27)/t9-,10?,13-,16-/m0/s1. The Labute approximate surface area is 157 Å². The number of aliphatic hydroxyl groups is 1. The van der Waals surface area contributed by atoms with E-state index in [4.69, 9.17) is 0 Å². The van der Waals surface area contributed by atoms with Crippen LogP contribution in [-0.4, -0.2) is 64.2 Å². The molecule has 0 bridgehead atoms. The first-order chi connectivity index (χ1) is 12.6. The molecular formula is C18H27N3O6. The topological polar surface area (TPSA) is 148 Å². The Morgan fingerprint density at radius 1 is 1.04 bits per heavy atom. The molecule has 1 aromatic rings. The highest BCUT2D eigenvalue weighted by molar-refractivity contribution is 5.93. The summed E-state index contributed by atoms with van der Waals surface area (Å²) < 4.78 is 0. The van der Waals surface area contributed by atoms with Crippen LogP contribution in [0.5, 0.6) is 11.5 Å². The van der Waals surface area contributed by atoms with Crippen LogP contribution in [0.25, 0.3) is 0 Å². The molecular weight excluding hydrogens is 354 g/mol. The molecule has 6 N–H and O–H groups in total. The Hall–Kier alpha value is -2.65. The lowest BCUT2D eigenvalue weighted by molar-refractivity contribution is -0.132. The van der Waals surface area contributed by atoms with Crippen LogP contribution in [0.2, 0.25) is 0 Å². The number of phenols is 2. The van der Waals surface area contributed by atoms with Crippen LogP contribution in [0.1, 0.15) is 26.3 Å². The third-order valence-corrected chi connectivity index (χ3v) is 4.16. The fourth-order valence-corrected chi connectivity index (χ4v) is 2.38. The van der Waals surface area contributed by atoms with Gasteiger partial charge in [-0.15, -0.1) is 0 Å². The molecule has 150 valence electrons. The predicted molar refractivity (Wildman–Crippen MR) is 98.2 cm³/mol. The number of carbonyl (C=O) groups excluding carboxylic acids is 3. The Kier molecular flexibility index (Phi) is 8.20. The van der Waals surface area contributed by atoms with Crippen molar-refractivity contribution in [2.45, 2.75) is 51.4 Å². The Balaban J connectivity index is 3.04. The first-order valence-corrected chi connectivity index (χ1v) is 8.54. The zero-order valence-electron chi connectivity index (χ0n) is 15.8. The summed E-state index contributed by atoms with van der Waals surface area (Å²) in [6, 6.07) is 1.32. The molecule has 1 rings (SSSR count). The number of carbonyl (C=O) groups is 3. The number of hydrogen-bond donors (Lipinski definition) is 6. The number of aliphatic hydroxyl groups excluding tert-OH is 1. The molecule has 4 atom stereocenters. The van der Waals surface area contributed by atoms with Gasteiger partial charge in [-0.25, -0.2) is 0 Å². The van der Waals surface area contributed by atoms with Crippen LogP contribution in [0.3, 0.4) is 0 Å². The monoisotopic (exact) mass is 381 g/mol. The smallest absolute Gasteiger partial charge is 0.243 e. The van der Waals surface area contributed by atoms with Crippen LogP contribution < -0.4 is 16.0 Å². The van der Waals surface area contributed by atoms with Gasteiger partial charge in [0.1, 0.15) is 12.1 Å². The molecule has 2 amide bonds. The zero-order valence-corrected chi connectivity index (χ0v) is 15.8. The first-order valence-electron chi connectivity index (χ1n) is 8.54. The van der Waals surface area contributed by atoms with Gasteiger partial charge in [0.05, 0.1) is 12.1 Å². The number of phenolic OH excluding ortho intramolecular Hbond substituents is 2. The highest BCUT2D eigenvalue weighted by Gasteiger charge is 2.28. The van der Waals surface area contributed by atoms with Crippen molar-refractivity contribution in [2.24, 2.45) is 0 Å². The maximum absolute atomic E-state index is 12.6. The van der Waals surface area contributed by atoms with Crippen LogP contribution in [-0.2, 0) is 20.8 Å². The minimum absolute atomic E-state index is 0.00623. The summed E-state index contributed by atoms with van der Waals surface area (Å²) in [6.45, 7) is 4.23. The van der Waals surface area contributed by atoms with E-state index in [2.05, 4.69) is 16.0 Å². The van der Waals surface area contributed by atoms with Crippen LogP contribution >= 0.6 is 0 Å². The minimum Gasteiger partial charge on any atom is -0.504 e. The maximum atomic E-state index is 12.6. The average Bonchev–Trinajstić information content (AvgIpc) is 2.60. The number of likely N-dealkylation sites (N-methyl/N-ethyl adjacent to an activating group) is 1. The predicted octanol–water partition coefficient (Wildman–Crippen LogP) is -0.812. The molecule has 9 nitrogen and oxygen atoms in total. The van der Waals surface area contributed by atoms with Crippen LogP contribution in [0.4, 0.5) is 0 Å². The van der Waals surface area contributed by atoms with E-state index in [0.717, 1.165) is 0 Å². The largest absolute Gasteiger partial charge is 0.504 e. The molecule has 0 aliphatic carbocycles. The van der Waals surface area contributed by atoms with Gasteiger partial charge in [-0.3, -0.25) is 14.4 Å². The molecule has 0 saturated heterocycles. The Morgan fingerprint density at radius 2 is 1.67 bits per heavy atom. The Morgan fingerprint density at radius 3 is 2.15 bits per heavy atom. The van der Waals surface area contributed by atoms with Gasteiger partial charge in [-0.2, -0.15) is 0 Å². The van der Waals surface area contributed by atoms with Crippen molar-refractivity contribution in [3.05, 3.63) is 23.8 Å². The van der Waals surface area contributed by atoms with E-state index < -0.39 is 41.8 Å². The van der Waals surface area contributed by atoms with Crippen molar-refractivity contribution in [3.8, 4) is 11.5 Å². The molecule has 0 aromatic heterocycles. The molecule has 0 spiro atoms. The van der Waals surface area contributed by atoms with E-state index in [1.807, 2.05) is 0 Å². The highest BCUT2D eigenvalue weighted by atomic mass is 16.3.